The molecule has 0 spiro atoms. The van der Waals surface area contributed by atoms with Crippen LogP contribution in [0.15, 0.2) is 30.5 Å². The Labute approximate surface area is 185 Å². The number of ether oxygens (including phenoxy) is 2. The third-order valence-corrected chi connectivity index (χ3v) is 5.56. The van der Waals surface area contributed by atoms with Crippen molar-refractivity contribution < 1.29 is 19.1 Å². The van der Waals surface area contributed by atoms with Gasteiger partial charge in [0.05, 0.1) is 16.5 Å². The average molecular weight is 449 g/mol. The van der Waals surface area contributed by atoms with Gasteiger partial charge in [-0.25, -0.2) is 4.98 Å². The van der Waals surface area contributed by atoms with E-state index < -0.39 is 0 Å². The molecule has 2 aromatic rings. The molecule has 1 aromatic carbocycles. The number of ketones is 1. The van der Waals surface area contributed by atoms with Gasteiger partial charge in [-0.1, -0.05) is 29.0 Å². The Morgan fingerprint density at radius 1 is 1.37 bits per heavy atom. The highest BCUT2D eigenvalue weighted by molar-refractivity contribution is 7.14. The predicted octanol–water partition coefficient (Wildman–Crippen LogP) is 5.26. The summed E-state index contributed by atoms with van der Waals surface area (Å²) in [6.45, 7) is 4.08. The maximum Gasteiger partial charge on any atom is 0.279 e. The van der Waals surface area contributed by atoms with Crippen LogP contribution in [-0.2, 0) is 9.59 Å². The Hall–Kier alpha value is -2.38. The first-order chi connectivity index (χ1) is 14.4. The van der Waals surface area contributed by atoms with Crippen LogP contribution in [0.25, 0.3) is 6.08 Å². The van der Waals surface area contributed by atoms with Crippen LogP contribution in [0.2, 0.25) is 5.02 Å². The van der Waals surface area contributed by atoms with Crippen LogP contribution in [0.1, 0.15) is 44.4 Å². The summed E-state index contributed by atoms with van der Waals surface area (Å²) in [5, 5.41) is 3.78. The van der Waals surface area contributed by atoms with E-state index in [1.807, 2.05) is 25.1 Å². The molecular formula is C22H25ClN2O4S. The van der Waals surface area contributed by atoms with Gasteiger partial charge in [-0.2, -0.15) is 0 Å². The summed E-state index contributed by atoms with van der Waals surface area (Å²) in [6.07, 6.45) is 8.37. The summed E-state index contributed by atoms with van der Waals surface area (Å²) in [5.41, 5.74) is 0. The molecule has 6 nitrogen and oxygen atoms in total. The maximum absolute atomic E-state index is 11.8. The van der Waals surface area contributed by atoms with E-state index in [2.05, 4.69) is 10.3 Å². The molecule has 1 saturated carbocycles. The summed E-state index contributed by atoms with van der Waals surface area (Å²) in [5.74, 6) is 1.80. The van der Waals surface area contributed by atoms with Crippen molar-refractivity contribution in [1.29, 1.82) is 0 Å². The summed E-state index contributed by atoms with van der Waals surface area (Å²) in [7, 11) is 0. The third kappa shape index (κ3) is 7.46. The van der Waals surface area contributed by atoms with E-state index in [1.54, 1.807) is 18.3 Å². The molecule has 3 rings (SSSR count). The van der Waals surface area contributed by atoms with Gasteiger partial charge in [-0.3, -0.25) is 4.79 Å². The third-order valence-electron chi connectivity index (χ3n) is 4.43. The van der Waals surface area contributed by atoms with Gasteiger partial charge in [-0.15, -0.1) is 0 Å². The SMILES string of the molecule is CC(=O)CCC(=O)N[C@@H](C)/C=C/c1cnc(Oc2ccc(OCC3CC3)cc2Cl)s1. The molecular weight excluding hydrogens is 424 g/mol. The van der Waals surface area contributed by atoms with Gasteiger partial charge in [0.2, 0.25) is 5.91 Å². The number of benzene rings is 1. The molecule has 0 radical (unpaired) electrons. The minimum Gasteiger partial charge on any atom is -0.493 e. The molecule has 1 fully saturated rings. The molecule has 1 N–H and O–H groups in total. The molecule has 30 heavy (non-hydrogen) atoms. The number of thiazole rings is 1. The topological polar surface area (TPSA) is 77.5 Å². The van der Waals surface area contributed by atoms with Crippen LogP contribution in [-0.4, -0.2) is 29.3 Å². The second-order valence-electron chi connectivity index (χ2n) is 7.39. The number of rotatable bonds is 11. The molecule has 0 saturated heterocycles. The highest BCUT2D eigenvalue weighted by atomic mass is 35.5. The van der Waals surface area contributed by atoms with Gasteiger partial charge >= 0.3 is 0 Å². The van der Waals surface area contributed by atoms with Crippen LogP contribution in [0.4, 0.5) is 0 Å². The van der Waals surface area contributed by atoms with E-state index in [9.17, 15) is 9.59 Å². The molecule has 1 aliphatic rings. The zero-order valence-electron chi connectivity index (χ0n) is 17.0. The molecule has 1 atom stereocenters. The van der Waals surface area contributed by atoms with Crippen molar-refractivity contribution in [2.45, 2.75) is 45.6 Å². The van der Waals surface area contributed by atoms with E-state index in [0.717, 1.165) is 17.2 Å². The van der Waals surface area contributed by atoms with Crippen LogP contribution < -0.4 is 14.8 Å². The Morgan fingerprint density at radius 2 is 2.17 bits per heavy atom. The van der Waals surface area contributed by atoms with E-state index >= 15 is 0 Å². The van der Waals surface area contributed by atoms with Gasteiger partial charge in [-0.05, 0) is 50.8 Å². The lowest BCUT2D eigenvalue weighted by Crippen LogP contribution is -2.31. The lowest BCUT2D eigenvalue weighted by Gasteiger charge is -2.09. The second kappa shape index (κ2) is 10.6. The first-order valence-corrected chi connectivity index (χ1v) is 11.1. The molecule has 0 bridgehead atoms. The van der Waals surface area contributed by atoms with Gasteiger partial charge in [0, 0.05) is 31.1 Å². The predicted molar refractivity (Wildman–Crippen MR) is 118 cm³/mol. The highest BCUT2D eigenvalue weighted by Gasteiger charge is 2.22. The number of Topliss-reactive ketones (excluding diaryl/α,β-unsaturated/α-hetero) is 1. The van der Waals surface area contributed by atoms with Crippen molar-refractivity contribution in [3.63, 3.8) is 0 Å². The van der Waals surface area contributed by atoms with Crippen molar-refractivity contribution in [3.8, 4) is 16.7 Å². The Balaban J connectivity index is 1.50. The van der Waals surface area contributed by atoms with E-state index in [4.69, 9.17) is 21.1 Å². The fourth-order valence-corrected chi connectivity index (χ4v) is 3.44. The summed E-state index contributed by atoms with van der Waals surface area (Å²) >= 11 is 7.68. The minimum atomic E-state index is -0.159. The molecule has 1 aliphatic carbocycles. The normalized spacial score (nSPS) is 14.5. The van der Waals surface area contributed by atoms with Gasteiger partial charge in [0.15, 0.2) is 0 Å². The largest absolute Gasteiger partial charge is 0.493 e. The lowest BCUT2D eigenvalue weighted by atomic mass is 10.2. The number of carbonyl (C=O) groups is 2. The number of carbonyl (C=O) groups excluding carboxylic acids is 2. The highest BCUT2D eigenvalue weighted by Crippen LogP contribution is 2.35. The fraction of sp³-hybridized carbons (Fsp3) is 0.409. The van der Waals surface area contributed by atoms with E-state index in [0.29, 0.717) is 21.9 Å². The van der Waals surface area contributed by atoms with Crippen molar-refractivity contribution in [1.82, 2.24) is 10.3 Å². The second-order valence-corrected chi connectivity index (χ2v) is 8.83. The molecule has 1 amide bonds. The monoisotopic (exact) mass is 448 g/mol. The number of hydrogen-bond donors (Lipinski definition) is 1. The first kappa shape index (κ1) is 22.3. The van der Waals surface area contributed by atoms with Gasteiger partial charge in [0.1, 0.15) is 17.3 Å². The standard InChI is InChI=1S/C22H25ClN2O4S/c1-14(25-21(27)10-4-15(2)26)3-8-18-12-24-22(30-18)29-20-9-7-17(11-19(20)23)28-13-16-5-6-16/h3,7-9,11-12,14,16H,4-6,10,13H2,1-2H3,(H,25,27)/b8-3+/t14-/m0/s1. The van der Waals surface area contributed by atoms with Gasteiger partial charge in [0.25, 0.3) is 5.19 Å². The van der Waals surface area contributed by atoms with Crippen LogP contribution in [0, 0.1) is 5.92 Å². The smallest absolute Gasteiger partial charge is 0.279 e. The Bertz CT molecular complexity index is 924. The number of nitrogens with one attached hydrogen (secondary N) is 1. The Kier molecular flexibility index (Phi) is 7.87. The zero-order chi connectivity index (χ0) is 21.5. The van der Waals surface area contributed by atoms with Crippen molar-refractivity contribution in [3.05, 3.63) is 40.4 Å². The molecule has 1 aromatic heterocycles. The quantitative estimate of drug-likeness (QED) is 0.507. The number of nitrogens with zero attached hydrogens (tertiary/aromatic N) is 1. The Morgan fingerprint density at radius 3 is 2.87 bits per heavy atom. The zero-order valence-corrected chi connectivity index (χ0v) is 18.6. The lowest BCUT2D eigenvalue weighted by molar-refractivity contribution is -0.124. The van der Waals surface area contributed by atoms with Crippen molar-refractivity contribution in [2.75, 3.05) is 6.61 Å². The molecule has 0 aliphatic heterocycles. The summed E-state index contributed by atoms with van der Waals surface area (Å²) < 4.78 is 11.5. The maximum atomic E-state index is 11.8. The van der Waals surface area contributed by atoms with E-state index in [1.165, 1.54) is 31.1 Å². The molecule has 8 heteroatoms. The fourth-order valence-electron chi connectivity index (χ4n) is 2.54. The van der Waals surface area contributed by atoms with Crippen LogP contribution in [0.3, 0.4) is 0 Å². The summed E-state index contributed by atoms with van der Waals surface area (Å²) in [4.78, 5) is 27.9. The first-order valence-electron chi connectivity index (χ1n) is 9.92. The average Bonchev–Trinajstić information content (AvgIpc) is 3.43. The molecule has 160 valence electrons. The van der Waals surface area contributed by atoms with E-state index in [-0.39, 0.29) is 30.6 Å². The number of hydrogen-bond acceptors (Lipinski definition) is 6. The number of aromatic nitrogens is 1. The number of halogens is 1. The molecule has 0 unspecified atom stereocenters. The minimum absolute atomic E-state index is 0.00561. The molecule has 1 heterocycles. The van der Waals surface area contributed by atoms with Gasteiger partial charge < -0.3 is 19.6 Å². The van der Waals surface area contributed by atoms with Crippen molar-refractivity contribution in [2.24, 2.45) is 5.92 Å². The van der Waals surface area contributed by atoms with Crippen LogP contribution >= 0.6 is 22.9 Å². The van der Waals surface area contributed by atoms with Crippen LogP contribution in [0.5, 0.6) is 16.7 Å². The van der Waals surface area contributed by atoms with Crippen molar-refractivity contribution >= 4 is 40.7 Å². The number of amides is 1. The summed E-state index contributed by atoms with van der Waals surface area (Å²) in [6, 6.07) is 5.22.